The highest BCUT2D eigenvalue weighted by Crippen LogP contribution is 2.44. The molecule has 0 aliphatic heterocycles. The third-order valence-corrected chi connectivity index (χ3v) is 4.92. The Hall–Kier alpha value is -3.40. The van der Waals surface area contributed by atoms with Crippen LogP contribution in [0.15, 0.2) is 72.8 Å². The summed E-state index contributed by atoms with van der Waals surface area (Å²) in [5.74, 6) is -1.27. The van der Waals surface area contributed by atoms with Crippen molar-refractivity contribution in [1.29, 1.82) is 0 Å². The Labute approximate surface area is 157 Å². The Kier molecular flexibility index (Phi) is 4.47. The van der Waals surface area contributed by atoms with Gasteiger partial charge in [0.1, 0.15) is 6.61 Å². The van der Waals surface area contributed by atoms with Crippen LogP contribution in [0.1, 0.15) is 33.0 Å². The minimum absolute atomic E-state index is 0.0377. The molecule has 27 heavy (non-hydrogen) atoms. The van der Waals surface area contributed by atoms with Crippen molar-refractivity contribution >= 4 is 11.9 Å². The average Bonchev–Trinajstić information content (AvgIpc) is 3.01. The molecule has 0 unspecified atom stereocenters. The van der Waals surface area contributed by atoms with Crippen molar-refractivity contribution < 1.29 is 19.4 Å². The largest absolute Gasteiger partial charge is 0.478 e. The van der Waals surface area contributed by atoms with Crippen LogP contribution in [-0.4, -0.2) is 23.7 Å². The predicted molar refractivity (Wildman–Crippen MR) is 102 cm³/mol. The molecule has 0 amide bonds. The van der Waals surface area contributed by atoms with Gasteiger partial charge in [0.25, 0.3) is 0 Å². The van der Waals surface area contributed by atoms with Crippen LogP contribution in [0.2, 0.25) is 0 Å². The third-order valence-electron chi connectivity index (χ3n) is 4.92. The number of carbonyl (C=O) groups is 2. The molecule has 134 valence electrons. The van der Waals surface area contributed by atoms with Crippen molar-refractivity contribution in [3.63, 3.8) is 0 Å². The fourth-order valence-electron chi connectivity index (χ4n) is 3.60. The SMILES string of the molecule is O=C(Cc1ccc(C(=O)O)cc1)OCC1c2ccccc2-c2ccccc21. The molecule has 1 aliphatic rings. The van der Waals surface area contributed by atoms with Gasteiger partial charge in [-0.1, -0.05) is 60.7 Å². The number of benzene rings is 3. The molecule has 0 saturated carbocycles. The molecule has 0 spiro atoms. The fourth-order valence-corrected chi connectivity index (χ4v) is 3.60. The van der Waals surface area contributed by atoms with E-state index in [2.05, 4.69) is 24.3 Å². The number of aromatic carboxylic acids is 1. The smallest absolute Gasteiger partial charge is 0.335 e. The molecule has 4 nitrogen and oxygen atoms in total. The molecule has 0 atom stereocenters. The maximum Gasteiger partial charge on any atom is 0.335 e. The van der Waals surface area contributed by atoms with E-state index in [9.17, 15) is 9.59 Å². The zero-order chi connectivity index (χ0) is 18.8. The van der Waals surface area contributed by atoms with Crippen molar-refractivity contribution in [1.82, 2.24) is 0 Å². The minimum atomic E-state index is -0.984. The Morgan fingerprint density at radius 1 is 0.815 bits per heavy atom. The quantitative estimate of drug-likeness (QED) is 0.692. The first-order valence-corrected chi connectivity index (χ1v) is 8.79. The molecule has 0 fully saturated rings. The highest BCUT2D eigenvalue weighted by atomic mass is 16.5. The predicted octanol–water partition coefficient (Wildman–Crippen LogP) is 4.28. The Balaban J connectivity index is 1.45. The zero-order valence-electron chi connectivity index (χ0n) is 14.6. The van der Waals surface area contributed by atoms with Gasteiger partial charge in [-0.2, -0.15) is 0 Å². The molecule has 0 aromatic heterocycles. The highest BCUT2D eigenvalue weighted by Gasteiger charge is 2.28. The van der Waals surface area contributed by atoms with Crippen LogP contribution in [0.25, 0.3) is 11.1 Å². The summed E-state index contributed by atoms with van der Waals surface area (Å²) >= 11 is 0. The molecule has 4 rings (SSSR count). The van der Waals surface area contributed by atoms with Gasteiger partial charge >= 0.3 is 11.9 Å². The van der Waals surface area contributed by atoms with E-state index in [1.165, 1.54) is 34.4 Å². The lowest BCUT2D eigenvalue weighted by Crippen LogP contribution is -2.14. The topological polar surface area (TPSA) is 63.6 Å². The Bertz CT molecular complexity index is 959. The van der Waals surface area contributed by atoms with E-state index in [-0.39, 0.29) is 23.9 Å². The van der Waals surface area contributed by atoms with E-state index >= 15 is 0 Å². The van der Waals surface area contributed by atoms with Crippen LogP contribution in [0.5, 0.6) is 0 Å². The molecule has 0 radical (unpaired) electrons. The number of ether oxygens (including phenoxy) is 1. The summed E-state index contributed by atoms with van der Waals surface area (Å²) in [5, 5.41) is 8.93. The van der Waals surface area contributed by atoms with Crippen LogP contribution < -0.4 is 0 Å². The van der Waals surface area contributed by atoms with Crippen molar-refractivity contribution in [3.8, 4) is 11.1 Å². The number of rotatable bonds is 5. The first-order valence-electron chi connectivity index (χ1n) is 8.79. The van der Waals surface area contributed by atoms with E-state index in [4.69, 9.17) is 9.84 Å². The maximum absolute atomic E-state index is 12.3. The summed E-state index contributed by atoms with van der Waals surface area (Å²) < 4.78 is 5.57. The van der Waals surface area contributed by atoms with E-state index in [0.29, 0.717) is 6.61 Å². The number of carboxylic acids is 1. The zero-order valence-corrected chi connectivity index (χ0v) is 14.6. The molecule has 0 saturated heterocycles. The van der Waals surface area contributed by atoms with Gasteiger partial charge in [0, 0.05) is 5.92 Å². The first kappa shape index (κ1) is 17.0. The van der Waals surface area contributed by atoms with Gasteiger partial charge in [-0.25, -0.2) is 4.79 Å². The summed E-state index contributed by atoms with van der Waals surface area (Å²) in [6.45, 7) is 0.292. The van der Waals surface area contributed by atoms with Gasteiger partial charge in [0.05, 0.1) is 12.0 Å². The lowest BCUT2D eigenvalue weighted by Gasteiger charge is -2.14. The van der Waals surface area contributed by atoms with E-state index in [0.717, 1.165) is 5.56 Å². The number of esters is 1. The van der Waals surface area contributed by atoms with E-state index in [1.54, 1.807) is 12.1 Å². The normalized spacial score (nSPS) is 12.3. The van der Waals surface area contributed by atoms with Crippen LogP contribution in [-0.2, 0) is 16.0 Å². The van der Waals surface area contributed by atoms with Gasteiger partial charge in [0.15, 0.2) is 0 Å². The van der Waals surface area contributed by atoms with Crippen LogP contribution >= 0.6 is 0 Å². The number of hydrogen-bond donors (Lipinski definition) is 1. The molecular formula is C23H18O4. The monoisotopic (exact) mass is 358 g/mol. The number of hydrogen-bond acceptors (Lipinski definition) is 3. The molecule has 3 aromatic rings. The number of fused-ring (bicyclic) bond motifs is 3. The third kappa shape index (κ3) is 3.34. The van der Waals surface area contributed by atoms with Crippen LogP contribution in [0.3, 0.4) is 0 Å². The average molecular weight is 358 g/mol. The molecule has 0 heterocycles. The molecule has 0 bridgehead atoms. The van der Waals surface area contributed by atoms with Crippen molar-refractivity contribution in [3.05, 3.63) is 95.1 Å². The van der Waals surface area contributed by atoms with Gasteiger partial charge in [0.2, 0.25) is 0 Å². The van der Waals surface area contributed by atoms with Crippen molar-refractivity contribution in [2.24, 2.45) is 0 Å². The van der Waals surface area contributed by atoms with E-state index in [1.807, 2.05) is 24.3 Å². The standard InChI is InChI=1S/C23H18O4/c24-22(13-15-9-11-16(12-10-15)23(25)26)27-14-21-19-7-3-1-5-17(19)18-6-2-4-8-20(18)21/h1-12,21H,13-14H2,(H,25,26). The lowest BCUT2D eigenvalue weighted by molar-refractivity contribution is -0.143. The summed E-state index contributed by atoms with van der Waals surface area (Å²) in [5.41, 5.74) is 5.68. The summed E-state index contributed by atoms with van der Waals surface area (Å²) in [6, 6.07) is 22.7. The molecule has 1 aliphatic carbocycles. The lowest BCUT2D eigenvalue weighted by atomic mass is 9.98. The highest BCUT2D eigenvalue weighted by molar-refractivity contribution is 5.87. The van der Waals surface area contributed by atoms with Crippen LogP contribution in [0.4, 0.5) is 0 Å². The van der Waals surface area contributed by atoms with E-state index < -0.39 is 5.97 Å². The molecule has 3 aromatic carbocycles. The summed E-state index contributed by atoms with van der Waals surface area (Å²) in [6.07, 6.45) is 0.121. The Morgan fingerprint density at radius 2 is 1.37 bits per heavy atom. The fraction of sp³-hybridized carbons (Fsp3) is 0.130. The first-order chi connectivity index (χ1) is 13.1. The van der Waals surface area contributed by atoms with Crippen molar-refractivity contribution in [2.75, 3.05) is 6.61 Å². The van der Waals surface area contributed by atoms with Gasteiger partial charge in [-0.3, -0.25) is 4.79 Å². The second kappa shape index (κ2) is 7.08. The van der Waals surface area contributed by atoms with Crippen molar-refractivity contribution in [2.45, 2.75) is 12.3 Å². The maximum atomic E-state index is 12.3. The van der Waals surface area contributed by atoms with Gasteiger partial charge < -0.3 is 9.84 Å². The summed E-state index contributed by atoms with van der Waals surface area (Å²) in [4.78, 5) is 23.2. The second-order valence-corrected chi connectivity index (χ2v) is 6.59. The second-order valence-electron chi connectivity index (χ2n) is 6.59. The molecule has 4 heteroatoms. The summed E-state index contributed by atoms with van der Waals surface area (Å²) in [7, 11) is 0. The van der Waals surface area contributed by atoms with Crippen LogP contribution in [0, 0.1) is 0 Å². The van der Waals surface area contributed by atoms with Gasteiger partial charge in [-0.05, 0) is 39.9 Å². The van der Waals surface area contributed by atoms with Gasteiger partial charge in [-0.15, -0.1) is 0 Å². The minimum Gasteiger partial charge on any atom is -0.478 e. The number of carbonyl (C=O) groups excluding carboxylic acids is 1. The molecule has 1 N–H and O–H groups in total. The molecular weight excluding hydrogens is 340 g/mol. The number of carboxylic acid groups (broad SMARTS) is 1. The Morgan fingerprint density at radius 3 is 1.93 bits per heavy atom.